The van der Waals surface area contributed by atoms with Gasteiger partial charge in [-0.2, -0.15) is 0 Å². The predicted molar refractivity (Wildman–Crippen MR) is 97.1 cm³/mol. The van der Waals surface area contributed by atoms with E-state index in [-0.39, 0.29) is 23.7 Å². The molecular weight excluding hydrogens is 344 g/mol. The van der Waals surface area contributed by atoms with Gasteiger partial charge in [0.15, 0.2) is 5.60 Å². The highest BCUT2D eigenvalue weighted by atomic mass is 17.3. The second kappa shape index (κ2) is 6.29. The number of carbonyl (C=O) groups excluding carboxylic acids is 1. The maximum absolute atomic E-state index is 12.9. The van der Waals surface area contributed by atoms with Crippen LogP contribution in [-0.4, -0.2) is 23.6 Å². The zero-order chi connectivity index (χ0) is 18.6. The SMILES string of the molecule is C[C@@H]1CC[C@H]2[C@@H](CCc3ccccc3)C(=O)O[C@@H]3O[C@@]4(C)CCC1[C@]32OO4. The molecule has 0 aromatic heterocycles. The van der Waals surface area contributed by atoms with Crippen LogP contribution in [0, 0.1) is 23.7 Å². The smallest absolute Gasteiger partial charge is 0.311 e. The fourth-order valence-corrected chi connectivity index (χ4v) is 5.90. The highest BCUT2D eigenvalue weighted by Crippen LogP contribution is 2.60. The molecule has 5 heteroatoms. The first kappa shape index (κ1) is 17.7. The molecule has 4 saturated heterocycles. The van der Waals surface area contributed by atoms with Crippen LogP contribution in [0.25, 0.3) is 0 Å². The third kappa shape index (κ3) is 2.66. The number of esters is 1. The molecular formula is C22H28O5. The van der Waals surface area contributed by atoms with Gasteiger partial charge in [0.25, 0.3) is 0 Å². The number of aryl methyl sites for hydroxylation is 1. The quantitative estimate of drug-likeness (QED) is 0.593. The highest BCUT2D eigenvalue weighted by molar-refractivity contribution is 5.74. The summed E-state index contributed by atoms with van der Waals surface area (Å²) < 4.78 is 12.0. The normalized spacial score (nSPS) is 45.7. The summed E-state index contributed by atoms with van der Waals surface area (Å²) in [7, 11) is 0. The van der Waals surface area contributed by atoms with Gasteiger partial charge in [-0.3, -0.25) is 4.79 Å². The van der Waals surface area contributed by atoms with E-state index in [9.17, 15) is 4.79 Å². The van der Waals surface area contributed by atoms with Crippen molar-refractivity contribution in [1.82, 2.24) is 0 Å². The molecule has 1 aromatic carbocycles. The molecule has 4 aliphatic heterocycles. The Kier molecular flexibility index (Phi) is 4.12. The van der Waals surface area contributed by atoms with E-state index in [0.29, 0.717) is 5.92 Å². The van der Waals surface area contributed by atoms with Gasteiger partial charge < -0.3 is 9.47 Å². The minimum absolute atomic E-state index is 0.0799. The minimum Gasteiger partial charge on any atom is -0.432 e. The molecule has 1 aliphatic carbocycles. The molecule has 1 unspecified atom stereocenters. The molecule has 2 bridgehead atoms. The van der Waals surface area contributed by atoms with Crippen LogP contribution in [-0.2, 0) is 30.5 Å². The number of ether oxygens (including phenoxy) is 2. The molecule has 0 amide bonds. The molecule has 7 atom stereocenters. The first-order valence-electron chi connectivity index (χ1n) is 10.3. The number of fused-ring (bicyclic) bond motifs is 2. The molecule has 1 saturated carbocycles. The third-order valence-electron chi connectivity index (χ3n) is 7.37. The Labute approximate surface area is 160 Å². The van der Waals surface area contributed by atoms with Crippen molar-refractivity contribution in [2.75, 3.05) is 0 Å². The number of hydrogen-bond acceptors (Lipinski definition) is 5. The molecule has 146 valence electrons. The van der Waals surface area contributed by atoms with Gasteiger partial charge in [-0.1, -0.05) is 37.3 Å². The fraction of sp³-hybridized carbons (Fsp3) is 0.682. The van der Waals surface area contributed by atoms with Crippen LogP contribution in [0.3, 0.4) is 0 Å². The van der Waals surface area contributed by atoms with E-state index in [0.717, 1.165) is 38.5 Å². The average molecular weight is 372 g/mol. The van der Waals surface area contributed by atoms with Crippen LogP contribution in [0.2, 0.25) is 0 Å². The zero-order valence-corrected chi connectivity index (χ0v) is 16.1. The first-order valence-corrected chi connectivity index (χ1v) is 10.3. The Balaban J connectivity index is 1.47. The van der Waals surface area contributed by atoms with Gasteiger partial charge in [-0.25, -0.2) is 9.78 Å². The summed E-state index contributed by atoms with van der Waals surface area (Å²) in [4.78, 5) is 24.9. The molecule has 6 rings (SSSR count). The molecule has 5 nitrogen and oxygen atoms in total. The van der Waals surface area contributed by atoms with Crippen LogP contribution >= 0.6 is 0 Å². The van der Waals surface area contributed by atoms with Crippen molar-refractivity contribution in [3.05, 3.63) is 35.9 Å². The van der Waals surface area contributed by atoms with Crippen molar-refractivity contribution in [3.8, 4) is 0 Å². The summed E-state index contributed by atoms with van der Waals surface area (Å²) in [6, 6.07) is 10.3. The molecule has 1 spiro atoms. The topological polar surface area (TPSA) is 54.0 Å². The number of carbonyl (C=O) groups is 1. The average Bonchev–Trinajstić information content (AvgIpc) is 2.89. The maximum atomic E-state index is 12.9. The molecule has 0 N–H and O–H groups in total. The first-order chi connectivity index (χ1) is 13.0. The van der Waals surface area contributed by atoms with Gasteiger partial charge in [-0.15, -0.1) is 0 Å². The van der Waals surface area contributed by atoms with Gasteiger partial charge in [0.2, 0.25) is 12.1 Å². The van der Waals surface area contributed by atoms with E-state index in [2.05, 4.69) is 19.1 Å². The number of rotatable bonds is 3. The van der Waals surface area contributed by atoms with Gasteiger partial charge in [0, 0.05) is 18.3 Å². The summed E-state index contributed by atoms with van der Waals surface area (Å²) in [6.07, 6.45) is 4.77. The van der Waals surface area contributed by atoms with Crippen molar-refractivity contribution in [1.29, 1.82) is 0 Å². The van der Waals surface area contributed by atoms with Gasteiger partial charge in [0.05, 0.1) is 5.92 Å². The third-order valence-corrected chi connectivity index (χ3v) is 7.37. The summed E-state index contributed by atoms with van der Waals surface area (Å²) >= 11 is 0. The lowest BCUT2D eigenvalue weighted by Crippen LogP contribution is -2.70. The van der Waals surface area contributed by atoms with E-state index in [1.165, 1.54) is 5.56 Å². The van der Waals surface area contributed by atoms with E-state index in [1.807, 2.05) is 25.1 Å². The molecule has 4 heterocycles. The van der Waals surface area contributed by atoms with Crippen LogP contribution < -0.4 is 0 Å². The summed E-state index contributed by atoms with van der Waals surface area (Å²) in [5, 5.41) is 0. The fourth-order valence-electron chi connectivity index (χ4n) is 5.90. The standard InChI is InChI=1S/C22H28O5/c1-14-8-11-18-16(10-9-15-6-4-3-5-7-15)19(23)24-20-22(18)17(14)12-13-21(2,25-20)26-27-22/h3-7,14,16-18,20H,8-13H2,1-2H3/t14-,16-,17?,18+,20-,21-,22-/m1/s1. The predicted octanol–water partition coefficient (Wildman–Crippen LogP) is 4.01. The Morgan fingerprint density at radius 2 is 1.89 bits per heavy atom. The van der Waals surface area contributed by atoms with Crippen molar-refractivity contribution in [2.45, 2.75) is 70.1 Å². The summed E-state index contributed by atoms with van der Waals surface area (Å²) in [5.74, 6) is -0.266. The second-order valence-electron chi connectivity index (χ2n) is 8.98. The lowest BCUT2D eigenvalue weighted by Gasteiger charge is -2.58. The zero-order valence-electron chi connectivity index (χ0n) is 16.1. The lowest BCUT2D eigenvalue weighted by molar-refractivity contribution is -0.559. The Bertz CT molecular complexity index is 721. The molecule has 5 fully saturated rings. The van der Waals surface area contributed by atoms with Crippen LogP contribution in [0.5, 0.6) is 0 Å². The molecule has 0 radical (unpaired) electrons. The highest BCUT2D eigenvalue weighted by Gasteiger charge is 2.70. The van der Waals surface area contributed by atoms with Gasteiger partial charge in [-0.05, 0) is 50.5 Å². The van der Waals surface area contributed by atoms with E-state index in [1.54, 1.807) is 0 Å². The number of benzene rings is 1. The van der Waals surface area contributed by atoms with E-state index in [4.69, 9.17) is 19.2 Å². The second-order valence-corrected chi connectivity index (χ2v) is 8.98. The van der Waals surface area contributed by atoms with Crippen LogP contribution in [0.1, 0.15) is 51.5 Å². The lowest BCUT2D eigenvalue weighted by atomic mass is 9.57. The van der Waals surface area contributed by atoms with Crippen molar-refractivity contribution < 1.29 is 24.0 Å². The van der Waals surface area contributed by atoms with Crippen molar-refractivity contribution in [3.63, 3.8) is 0 Å². The van der Waals surface area contributed by atoms with E-state index < -0.39 is 17.7 Å². The van der Waals surface area contributed by atoms with Crippen LogP contribution in [0.4, 0.5) is 0 Å². The Hall–Kier alpha value is -1.43. The Morgan fingerprint density at radius 1 is 1.07 bits per heavy atom. The minimum atomic E-state index is -0.825. The monoisotopic (exact) mass is 372 g/mol. The van der Waals surface area contributed by atoms with Crippen molar-refractivity contribution >= 4 is 5.97 Å². The molecule has 5 aliphatic rings. The summed E-state index contributed by atoms with van der Waals surface area (Å²) in [5.41, 5.74) is 0.583. The van der Waals surface area contributed by atoms with Crippen LogP contribution in [0.15, 0.2) is 30.3 Å². The summed E-state index contributed by atoms with van der Waals surface area (Å²) in [6.45, 7) is 4.17. The largest absolute Gasteiger partial charge is 0.432 e. The van der Waals surface area contributed by atoms with Crippen molar-refractivity contribution in [2.24, 2.45) is 23.7 Å². The molecule has 1 aromatic rings. The maximum Gasteiger partial charge on any atom is 0.311 e. The van der Waals surface area contributed by atoms with E-state index >= 15 is 0 Å². The molecule has 27 heavy (non-hydrogen) atoms. The van der Waals surface area contributed by atoms with Gasteiger partial charge in [0.1, 0.15) is 0 Å². The number of hydrogen-bond donors (Lipinski definition) is 0. The Morgan fingerprint density at radius 3 is 2.70 bits per heavy atom. The van der Waals surface area contributed by atoms with Gasteiger partial charge >= 0.3 is 5.97 Å².